The van der Waals surface area contributed by atoms with Crippen LogP contribution in [0.25, 0.3) is 0 Å². The Morgan fingerprint density at radius 1 is 1.08 bits per heavy atom. The van der Waals surface area contributed by atoms with Gasteiger partial charge in [-0.25, -0.2) is 4.98 Å². The van der Waals surface area contributed by atoms with Gasteiger partial charge in [0.2, 0.25) is 0 Å². The van der Waals surface area contributed by atoms with Crippen molar-refractivity contribution in [1.29, 1.82) is 0 Å². The van der Waals surface area contributed by atoms with E-state index in [1.807, 2.05) is 12.4 Å². The van der Waals surface area contributed by atoms with E-state index in [1.54, 1.807) is 0 Å². The SMILES string of the molecule is CC(C)Cc1ccc(CN2C[C@@H]3CN(Cc4nccn4C)CC[C@@H]32)cc1. The third-order valence-electron chi connectivity index (χ3n) is 6.05. The highest BCUT2D eigenvalue weighted by molar-refractivity contribution is 5.23. The third kappa shape index (κ3) is 3.86. The fraction of sp³-hybridized carbons (Fsp3) is 0.591. The molecule has 4 nitrogen and oxygen atoms in total. The molecule has 26 heavy (non-hydrogen) atoms. The second-order valence-electron chi connectivity index (χ2n) is 8.65. The maximum Gasteiger partial charge on any atom is 0.122 e. The molecular formula is C22H32N4. The highest BCUT2D eigenvalue weighted by atomic mass is 15.3. The van der Waals surface area contributed by atoms with Gasteiger partial charge in [0.25, 0.3) is 0 Å². The predicted octanol–water partition coefficient (Wildman–Crippen LogP) is 3.32. The lowest BCUT2D eigenvalue weighted by Crippen LogP contribution is -2.62. The molecule has 2 aliphatic heterocycles. The van der Waals surface area contributed by atoms with E-state index in [2.05, 4.69) is 64.5 Å². The number of benzene rings is 1. The van der Waals surface area contributed by atoms with Gasteiger partial charge in [-0.05, 0) is 35.8 Å². The molecule has 0 spiro atoms. The van der Waals surface area contributed by atoms with Crippen molar-refractivity contribution < 1.29 is 0 Å². The highest BCUT2D eigenvalue weighted by Gasteiger charge is 2.42. The van der Waals surface area contributed by atoms with Crippen LogP contribution in [0.1, 0.15) is 37.2 Å². The molecule has 0 bridgehead atoms. The molecule has 2 saturated heterocycles. The number of rotatable bonds is 6. The van der Waals surface area contributed by atoms with Gasteiger partial charge in [-0.2, -0.15) is 0 Å². The summed E-state index contributed by atoms with van der Waals surface area (Å²) in [6.07, 6.45) is 6.42. The van der Waals surface area contributed by atoms with Crippen molar-refractivity contribution in [2.45, 2.75) is 45.8 Å². The Labute approximate surface area is 157 Å². The molecule has 4 heteroatoms. The summed E-state index contributed by atoms with van der Waals surface area (Å²) in [7, 11) is 2.09. The van der Waals surface area contributed by atoms with Gasteiger partial charge in [-0.3, -0.25) is 9.80 Å². The fourth-order valence-corrected chi connectivity index (χ4v) is 4.61. The van der Waals surface area contributed by atoms with Crippen LogP contribution in [0.2, 0.25) is 0 Å². The first-order chi connectivity index (χ1) is 12.6. The minimum absolute atomic E-state index is 0.730. The summed E-state index contributed by atoms with van der Waals surface area (Å²) in [4.78, 5) is 9.74. The topological polar surface area (TPSA) is 24.3 Å². The Hall–Kier alpha value is -1.65. The highest BCUT2D eigenvalue weighted by Crippen LogP contribution is 2.34. The minimum atomic E-state index is 0.730. The van der Waals surface area contributed by atoms with Crippen LogP contribution in [0.3, 0.4) is 0 Å². The number of aryl methyl sites for hydroxylation is 1. The van der Waals surface area contributed by atoms with E-state index in [9.17, 15) is 0 Å². The fourth-order valence-electron chi connectivity index (χ4n) is 4.61. The van der Waals surface area contributed by atoms with Crippen LogP contribution < -0.4 is 0 Å². The summed E-state index contributed by atoms with van der Waals surface area (Å²) in [6, 6.07) is 10.1. The molecule has 2 aliphatic rings. The van der Waals surface area contributed by atoms with Crippen molar-refractivity contribution in [3.8, 4) is 0 Å². The van der Waals surface area contributed by atoms with E-state index < -0.39 is 0 Å². The van der Waals surface area contributed by atoms with E-state index in [1.165, 1.54) is 49.4 Å². The molecule has 0 N–H and O–H groups in total. The lowest BCUT2D eigenvalue weighted by molar-refractivity contribution is -0.0512. The number of hydrogen-bond acceptors (Lipinski definition) is 3. The molecule has 1 aromatic heterocycles. The van der Waals surface area contributed by atoms with Crippen molar-refractivity contribution >= 4 is 0 Å². The Morgan fingerprint density at radius 3 is 2.50 bits per heavy atom. The molecule has 140 valence electrons. The number of likely N-dealkylation sites (tertiary alicyclic amines) is 2. The quantitative estimate of drug-likeness (QED) is 0.797. The molecule has 0 saturated carbocycles. The summed E-state index contributed by atoms with van der Waals surface area (Å²) >= 11 is 0. The predicted molar refractivity (Wildman–Crippen MR) is 106 cm³/mol. The lowest BCUT2D eigenvalue weighted by atomic mass is 9.82. The Kier molecular flexibility index (Phi) is 5.14. The second kappa shape index (κ2) is 7.53. The number of fused-ring (bicyclic) bond motifs is 1. The van der Waals surface area contributed by atoms with Crippen molar-refractivity contribution in [3.05, 3.63) is 53.6 Å². The molecule has 0 radical (unpaired) electrons. The van der Waals surface area contributed by atoms with E-state index in [0.717, 1.165) is 31.0 Å². The van der Waals surface area contributed by atoms with Gasteiger partial charge in [-0.1, -0.05) is 38.1 Å². The number of aromatic nitrogens is 2. The summed E-state index contributed by atoms with van der Waals surface area (Å²) in [5.74, 6) is 2.75. The zero-order valence-electron chi connectivity index (χ0n) is 16.4. The van der Waals surface area contributed by atoms with Crippen molar-refractivity contribution in [1.82, 2.24) is 19.4 Å². The minimum Gasteiger partial charge on any atom is -0.337 e. The average Bonchev–Trinajstić information content (AvgIpc) is 2.99. The largest absolute Gasteiger partial charge is 0.337 e. The molecule has 3 heterocycles. The maximum atomic E-state index is 4.48. The monoisotopic (exact) mass is 352 g/mol. The number of nitrogens with zero attached hydrogens (tertiary/aromatic N) is 4. The normalized spacial score (nSPS) is 23.8. The first-order valence-corrected chi connectivity index (χ1v) is 10.1. The molecule has 4 rings (SSSR count). The molecular weight excluding hydrogens is 320 g/mol. The zero-order chi connectivity index (χ0) is 18.1. The van der Waals surface area contributed by atoms with Gasteiger partial charge in [-0.15, -0.1) is 0 Å². The van der Waals surface area contributed by atoms with Crippen LogP contribution in [-0.2, 0) is 26.6 Å². The molecule has 2 atom stereocenters. The molecule has 0 aliphatic carbocycles. The standard InChI is InChI=1S/C22H32N4/c1-17(2)12-18-4-6-19(7-5-18)13-26-15-20-14-25(10-8-21(20)26)16-22-23-9-11-24(22)3/h4-7,9,11,17,20-21H,8,10,12-16H2,1-3H3/t20-,21-/m0/s1. The van der Waals surface area contributed by atoms with Crippen molar-refractivity contribution in [3.63, 3.8) is 0 Å². The molecule has 0 unspecified atom stereocenters. The smallest absolute Gasteiger partial charge is 0.122 e. The van der Waals surface area contributed by atoms with E-state index in [0.29, 0.717) is 0 Å². The lowest BCUT2D eigenvalue weighted by Gasteiger charge is -2.53. The maximum absolute atomic E-state index is 4.48. The van der Waals surface area contributed by atoms with Crippen LogP contribution in [0, 0.1) is 11.8 Å². The third-order valence-corrected chi connectivity index (χ3v) is 6.05. The summed E-state index contributed by atoms with van der Waals surface area (Å²) < 4.78 is 2.14. The second-order valence-corrected chi connectivity index (χ2v) is 8.65. The summed E-state index contributed by atoms with van der Waals surface area (Å²) in [5, 5.41) is 0. The van der Waals surface area contributed by atoms with Gasteiger partial charge >= 0.3 is 0 Å². The van der Waals surface area contributed by atoms with Gasteiger partial charge < -0.3 is 4.57 Å². The summed E-state index contributed by atoms with van der Waals surface area (Å²) in [5.41, 5.74) is 2.93. The van der Waals surface area contributed by atoms with Gasteiger partial charge in [0.1, 0.15) is 5.82 Å². The Morgan fingerprint density at radius 2 is 1.85 bits per heavy atom. The first-order valence-electron chi connectivity index (χ1n) is 10.1. The first kappa shape index (κ1) is 17.7. The molecule has 1 aromatic carbocycles. The Bertz CT molecular complexity index is 718. The van der Waals surface area contributed by atoms with Gasteiger partial charge in [0.15, 0.2) is 0 Å². The molecule has 2 fully saturated rings. The zero-order valence-corrected chi connectivity index (χ0v) is 16.4. The van der Waals surface area contributed by atoms with Crippen LogP contribution >= 0.6 is 0 Å². The molecule has 0 amide bonds. The van der Waals surface area contributed by atoms with E-state index >= 15 is 0 Å². The van der Waals surface area contributed by atoms with Crippen LogP contribution in [0.5, 0.6) is 0 Å². The van der Waals surface area contributed by atoms with Crippen molar-refractivity contribution in [2.24, 2.45) is 18.9 Å². The van der Waals surface area contributed by atoms with Crippen LogP contribution in [0.4, 0.5) is 0 Å². The summed E-state index contributed by atoms with van der Waals surface area (Å²) in [6.45, 7) is 10.3. The number of piperidine rings is 1. The Balaban J connectivity index is 1.27. The van der Waals surface area contributed by atoms with E-state index in [-0.39, 0.29) is 0 Å². The number of imidazole rings is 1. The van der Waals surface area contributed by atoms with E-state index in [4.69, 9.17) is 0 Å². The van der Waals surface area contributed by atoms with Gasteiger partial charge in [0, 0.05) is 51.7 Å². The van der Waals surface area contributed by atoms with Crippen molar-refractivity contribution in [2.75, 3.05) is 19.6 Å². The average molecular weight is 353 g/mol. The van der Waals surface area contributed by atoms with Crippen LogP contribution in [0.15, 0.2) is 36.7 Å². The van der Waals surface area contributed by atoms with Crippen LogP contribution in [-0.4, -0.2) is 45.0 Å². The molecule has 2 aromatic rings. The van der Waals surface area contributed by atoms with Gasteiger partial charge in [0.05, 0.1) is 6.54 Å². The number of hydrogen-bond donors (Lipinski definition) is 0.